The first-order chi connectivity index (χ1) is 14.0. The van der Waals surface area contributed by atoms with Gasteiger partial charge in [-0.25, -0.2) is 14.5 Å². The molecule has 2 aromatic carbocycles. The van der Waals surface area contributed by atoms with E-state index in [-0.39, 0.29) is 11.3 Å². The molecule has 0 unspecified atom stereocenters. The fraction of sp³-hybridized carbons (Fsp3) is 0.333. The number of hydrogen-bond acceptors (Lipinski definition) is 5. The van der Waals surface area contributed by atoms with Gasteiger partial charge in [0.1, 0.15) is 17.6 Å². The molecule has 0 radical (unpaired) electrons. The Balaban J connectivity index is 1.33. The number of phenolic OH excluding ortho intramolecular Hbond substituents is 1. The molecular weight excluding hydrogens is 392 g/mol. The molecule has 2 heterocycles. The lowest BCUT2D eigenvalue weighted by Crippen LogP contribution is -2.36. The zero-order valence-electron chi connectivity index (χ0n) is 15.9. The van der Waals surface area contributed by atoms with Crippen molar-refractivity contribution in [1.29, 1.82) is 0 Å². The van der Waals surface area contributed by atoms with Crippen molar-refractivity contribution in [3.05, 3.63) is 58.9 Å². The van der Waals surface area contributed by atoms with E-state index in [1.54, 1.807) is 35.3 Å². The Morgan fingerprint density at radius 2 is 2.03 bits per heavy atom. The summed E-state index contributed by atoms with van der Waals surface area (Å²) in [6.07, 6.45) is 3.72. The molecule has 8 heteroatoms. The fourth-order valence-corrected chi connectivity index (χ4v) is 4.03. The monoisotopic (exact) mass is 414 g/mol. The Hall–Kier alpha value is -2.77. The van der Waals surface area contributed by atoms with Crippen LogP contribution >= 0.6 is 11.6 Å². The Morgan fingerprint density at radius 1 is 1.24 bits per heavy atom. The molecule has 1 aromatic heterocycles. The first-order valence-corrected chi connectivity index (χ1v) is 10.0. The van der Waals surface area contributed by atoms with E-state index in [9.17, 15) is 15.0 Å². The molecule has 3 N–H and O–H groups in total. The number of para-hydroxylation sites is 1. The second kappa shape index (κ2) is 8.31. The summed E-state index contributed by atoms with van der Waals surface area (Å²) in [7, 11) is 0. The van der Waals surface area contributed by atoms with Gasteiger partial charge in [0.05, 0.1) is 11.1 Å². The van der Waals surface area contributed by atoms with Crippen LogP contribution in [0.4, 0.5) is 0 Å². The van der Waals surface area contributed by atoms with Crippen LogP contribution in [-0.4, -0.2) is 50.4 Å². The van der Waals surface area contributed by atoms with E-state index in [0.717, 1.165) is 43.6 Å². The first kappa shape index (κ1) is 19.5. The maximum atomic E-state index is 11.3. The molecule has 1 saturated heterocycles. The number of hydrogen-bond donors (Lipinski definition) is 3. The van der Waals surface area contributed by atoms with Crippen molar-refractivity contribution in [2.75, 3.05) is 25.1 Å². The van der Waals surface area contributed by atoms with Crippen molar-refractivity contribution >= 4 is 28.6 Å². The van der Waals surface area contributed by atoms with E-state index in [0.29, 0.717) is 23.0 Å². The van der Waals surface area contributed by atoms with Gasteiger partial charge in [0, 0.05) is 23.7 Å². The largest absolute Gasteiger partial charge is 0.508 e. The van der Waals surface area contributed by atoms with Gasteiger partial charge in [-0.15, -0.1) is 0 Å². The molecule has 1 aliphatic heterocycles. The second-order valence-corrected chi connectivity index (χ2v) is 7.88. The molecule has 152 valence electrons. The van der Waals surface area contributed by atoms with Gasteiger partial charge in [-0.05, 0) is 62.2 Å². The van der Waals surface area contributed by atoms with Crippen LogP contribution in [0.15, 0.2) is 42.7 Å². The summed E-state index contributed by atoms with van der Waals surface area (Å²) < 4.78 is 1.80. The number of fused-ring (bicyclic) bond motifs is 1. The SMILES string of the molecule is O=C(O)c1cccc2c1ncn2NCC1CCN(Cc2cc(Cl)ccc2O)CC1. The highest BCUT2D eigenvalue weighted by Crippen LogP contribution is 2.25. The second-order valence-electron chi connectivity index (χ2n) is 7.45. The molecule has 1 aliphatic rings. The lowest BCUT2D eigenvalue weighted by molar-refractivity contribution is 0.0699. The van der Waals surface area contributed by atoms with Gasteiger partial charge in [0.2, 0.25) is 0 Å². The van der Waals surface area contributed by atoms with Gasteiger partial charge in [-0.3, -0.25) is 4.90 Å². The molecule has 0 bridgehead atoms. The van der Waals surface area contributed by atoms with Crippen LogP contribution in [0.5, 0.6) is 5.75 Å². The number of rotatable bonds is 6. The number of aromatic nitrogens is 2. The van der Waals surface area contributed by atoms with Crippen LogP contribution in [0.1, 0.15) is 28.8 Å². The first-order valence-electron chi connectivity index (χ1n) is 9.64. The van der Waals surface area contributed by atoms with Gasteiger partial charge >= 0.3 is 5.97 Å². The number of carboxylic acid groups (broad SMARTS) is 1. The lowest BCUT2D eigenvalue weighted by atomic mass is 9.96. The van der Waals surface area contributed by atoms with Gasteiger partial charge < -0.3 is 15.6 Å². The minimum Gasteiger partial charge on any atom is -0.508 e. The smallest absolute Gasteiger partial charge is 0.337 e. The molecule has 29 heavy (non-hydrogen) atoms. The number of nitrogens with zero attached hydrogens (tertiary/aromatic N) is 3. The Labute approximate surface area is 173 Å². The summed E-state index contributed by atoms with van der Waals surface area (Å²) in [5.74, 6) is -0.177. The summed E-state index contributed by atoms with van der Waals surface area (Å²) in [6.45, 7) is 3.38. The van der Waals surface area contributed by atoms with E-state index in [1.165, 1.54) is 0 Å². The van der Waals surface area contributed by atoms with Gasteiger partial charge in [0.25, 0.3) is 0 Å². The van der Waals surface area contributed by atoms with Crippen LogP contribution in [0.25, 0.3) is 11.0 Å². The summed E-state index contributed by atoms with van der Waals surface area (Å²) >= 11 is 6.04. The van der Waals surface area contributed by atoms with Gasteiger partial charge in [0.15, 0.2) is 0 Å². The number of phenols is 1. The molecular formula is C21H23ClN4O3. The third-order valence-electron chi connectivity index (χ3n) is 5.50. The van der Waals surface area contributed by atoms with Crippen molar-refractivity contribution in [2.45, 2.75) is 19.4 Å². The number of carboxylic acids is 1. The zero-order chi connectivity index (χ0) is 20.4. The maximum Gasteiger partial charge on any atom is 0.337 e. The Kier molecular flexibility index (Phi) is 5.60. The van der Waals surface area contributed by atoms with Crippen LogP contribution in [0.2, 0.25) is 5.02 Å². The number of imidazole rings is 1. The van der Waals surface area contributed by atoms with E-state index in [1.807, 2.05) is 12.1 Å². The van der Waals surface area contributed by atoms with Crippen molar-refractivity contribution in [2.24, 2.45) is 5.92 Å². The molecule has 3 aromatic rings. The normalized spacial score (nSPS) is 15.6. The zero-order valence-corrected chi connectivity index (χ0v) is 16.6. The van der Waals surface area contributed by atoms with Crippen molar-refractivity contribution in [3.63, 3.8) is 0 Å². The van der Waals surface area contributed by atoms with Crippen LogP contribution < -0.4 is 5.43 Å². The number of benzene rings is 2. The van der Waals surface area contributed by atoms with Gasteiger partial charge in [-0.1, -0.05) is 17.7 Å². The number of piperidine rings is 1. The number of carbonyl (C=O) groups is 1. The number of likely N-dealkylation sites (tertiary alicyclic amines) is 1. The summed E-state index contributed by atoms with van der Waals surface area (Å²) in [4.78, 5) is 17.9. The quantitative estimate of drug-likeness (QED) is 0.571. The summed E-state index contributed by atoms with van der Waals surface area (Å²) in [6, 6.07) is 10.3. The van der Waals surface area contributed by atoms with Crippen LogP contribution in [0, 0.1) is 5.92 Å². The number of halogens is 1. The summed E-state index contributed by atoms with van der Waals surface area (Å²) in [5, 5.41) is 19.9. The van der Waals surface area contributed by atoms with Crippen molar-refractivity contribution in [3.8, 4) is 5.75 Å². The van der Waals surface area contributed by atoms with Gasteiger partial charge in [-0.2, -0.15) is 0 Å². The van der Waals surface area contributed by atoms with E-state index in [4.69, 9.17) is 11.6 Å². The van der Waals surface area contributed by atoms with Crippen LogP contribution in [0.3, 0.4) is 0 Å². The van der Waals surface area contributed by atoms with E-state index in [2.05, 4.69) is 15.3 Å². The highest BCUT2D eigenvalue weighted by Gasteiger charge is 2.20. The maximum absolute atomic E-state index is 11.3. The van der Waals surface area contributed by atoms with Crippen molar-refractivity contribution < 1.29 is 15.0 Å². The predicted octanol–water partition coefficient (Wildman–Crippen LogP) is 3.55. The fourth-order valence-electron chi connectivity index (χ4n) is 3.84. The molecule has 7 nitrogen and oxygen atoms in total. The Morgan fingerprint density at radius 3 is 2.79 bits per heavy atom. The minimum absolute atomic E-state index is 0.209. The minimum atomic E-state index is -0.973. The van der Waals surface area contributed by atoms with Crippen LogP contribution in [-0.2, 0) is 6.54 Å². The third-order valence-corrected chi connectivity index (χ3v) is 5.74. The molecule has 0 amide bonds. The average Bonchev–Trinajstić information content (AvgIpc) is 3.13. The topological polar surface area (TPSA) is 90.6 Å². The molecule has 1 fully saturated rings. The van der Waals surface area contributed by atoms with E-state index < -0.39 is 5.97 Å². The molecule has 4 rings (SSSR count). The highest BCUT2D eigenvalue weighted by molar-refractivity contribution is 6.30. The average molecular weight is 415 g/mol. The number of aromatic hydroxyl groups is 1. The van der Waals surface area contributed by atoms with Crippen molar-refractivity contribution in [1.82, 2.24) is 14.6 Å². The highest BCUT2D eigenvalue weighted by atomic mass is 35.5. The standard InChI is InChI=1S/C21H23ClN4O3/c22-16-4-5-19(27)15(10-16)12-25-8-6-14(7-9-25)11-24-26-13-23-20-17(21(28)29)2-1-3-18(20)26/h1-5,10,13-14,24,27H,6-9,11-12H2,(H,28,29). The summed E-state index contributed by atoms with van der Waals surface area (Å²) in [5.41, 5.74) is 5.69. The molecule has 0 aliphatic carbocycles. The number of aromatic carboxylic acids is 1. The molecule has 0 spiro atoms. The third kappa shape index (κ3) is 4.31. The molecule has 0 atom stereocenters. The predicted molar refractivity (Wildman–Crippen MR) is 112 cm³/mol. The lowest BCUT2D eigenvalue weighted by Gasteiger charge is -2.32. The molecule has 0 saturated carbocycles. The Bertz CT molecular complexity index is 1030. The number of nitrogens with one attached hydrogen (secondary N) is 1. The van der Waals surface area contributed by atoms with E-state index >= 15 is 0 Å².